The molecule has 1 aliphatic rings. The summed E-state index contributed by atoms with van der Waals surface area (Å²) in [4.78, 5) is 35.6. The second-order valence-corrected chi connectivity index (χ2v) is 4.46. The average molecular weight is 379 g/mol. The van der Waals surface area contributed by atoms with Gasteiger partial charge < -0.3 is 10.1 Å². The molecule has 0 aromatic carbocycles. The first-order chi connectivity index (χ1) is 9.10. The van der Waals surface area contributed by atoms with Crippen molar-refractivity contribution >= 4 is 40.6 Å². The molecule has 1 fully saturated rings. The maximum atomic E-state index is 11.8. The molecule has 19 heavy (non-hydrogen) atoms. The smallest absolute Gasteiger partial charge is 0.356 e. The molecule has 4 amide bonds. The van der Waals surface area contributed by atoms with Gasteiger partial charge in [0.25, 0.3) is 5.91 Å². The summed E-state index contributed by atoms with van der Waals surface area (Å²) in [5.41, 5.74) is 0. The number of rotatable bonds is 4. The van der Waals surface area contributed by atoms with Crippen molar-refractivity contribution < 1.29 is 19.1 Å². The minimum Gasteiger partial charge on any atom is -0.356 e. The zero-order valence-electron chi connectivity index (χ0n) is 10.4. The Bertz CT molecular complexity index is 429. The number of imide groups is 1. The monoisotopic (exact) mass is 379 g/mol. The van der Waals surface area contributed by atoms with Gasteiger partial charge in [-0.15, -0.1) is 0 Å². The minimum absolute atomic E-state index is 0.305. The summed E-state index contributed by atoms with van der Waals surface area (Å²) in [6, 6.07) is -0.623. The normalized spacial score (nSPS) is 17.1. The standard InChI is InChI=1S/C11H14IN3O4/c1-2-3-6-15(11(18)19-7-4-5-12)8-9(16)14-10(17)13-8/h8H,2-3,5-6H2,1H3,(H2,13,14,16,17). The van der Waals surface area contributed by atoms with E-state index in [0.717, 1.165) is 11.3 Å². The van der Waals surface area contributed by atoms with E-state index in [1.54, 1.807) is 0 Å². The topological polar surface area (TPSA) is 87.7 Å². The molecular weight excluding hydrogens is 365 g/mol. The first-order valence-corrected chi connectivity index (χ1v) is 7.25. The van der Waals surface area contributed by atoms with Crippen LogP contribution in [0, 0.1) is 12.0 Å². The van der Waals surface area contributed by atoms with Crippen LogP contribution in [0.5, 0.6) is 0 Å². The highest BCUT2D eigenvalue weighted by Gasteiger charge is 2.37. The quantitative estimate of drug-likeness (QED) is 0.327. The highest BCUT2D eigenvalue weighted by Crippen LogP contribution is 2.07. The zero-order chi connectivity index (χ0) is 14.3. The fourth-order valence-corrected chi connectivity index (χ4v) is 1.60. The number of carbonyl (C=O) groups is 3. The summed E-state index contributed by atoms with van der Waals surface area (Å²) in [5, 5.41) is 4.43. The number of carbonyl (C=O) groups excluding carboxylic acids is 3. The predicted octanol–water partition coefficient (Wildman–Crippen LogP) is 0.786. The first-order valence-electron chi connectivity index (χ1n) is 5.72. The van der Waals surface area contributed by atoms with Crippen molar-refractivity contribution in [1.29, 1.82) is 0 Å². The number of hydrogen-bond donors (Lipinski definition) is 2. The van der Waals surface area contributed by atoms with Gasteiger partial charge in [-0.1, -0.05) is 35.9 Å². The van der Waals surface area contributed by atoms with E-state index < -0.39 is 24.2 Å². The van der Waals surface area contributed by atoms with E-state index >= 15 is 0 Å². The van der Waals surface area contributed by atoms with Gasteiger partial charge in [-0.2, -0.15) is 0 Å². The SMILES string of the molecule is CCCCN(C(=O)OC#CCI)C1NC(=O)NC1=O. The van der Waals surface area contributed by atoms with E-state index in [4.69, 9.17) is 4.74 Å². The van der Waals surface area contributed by atoms with Crippen molar-refractivity contribution in [1.82, 2.24) is 15.5 Å². The molecule has 1 rings (SSSR count). The molecule has 2 N–H and O–H groups in total. The molecule has 8 heteroatoms. The molecule has 0 aromatic rings. The molecule has 0 radical (unpaired) electrons. The Balaban J connectivity index is 2.73. The lowest BCUT2D eigenvalue weighted by Gasteiger charge is -2.24. The minimum atomic E-state index is -1.03. The molecule has 1 unspecified atom stereocenters. The van der Waals surface area contributed by atoms with Crippen LogP contribution in [-0.4, -0.2) is 40.1 Å². The van der Waals surface area contributed by atoms with Crippen LogP contribution in [-0.2, 0) is 9.53 Å². The van der Waals surface area contributed by atoms with Gasteiger partial charge in [0.2, 0.25) is 0 Å². The van der Waals surface area contributed by atoms with Crippen molar-refractivity contribution in [3.05, 3.63) is 0 Å². The summed E-state index contributed by atoms with van der Waals surface area (Å²) in [5.74, 6) is 2.01. The van der Waals surface area contributed by atoms with E-state index in [0.29, 0.717) is 17.4 Å². The van der Waals surface area contributed by atoms with Crippen LogP contribution in [0.4, 0.5) is 9.59 Å². The Morgan fingerprint density at radius 1 is 1.53 bits per heavy atom. The Hall–Kier alpha value is -1.50. The van der Waals surface area contributed by atoms with E-state index in [9.17, 15) is 14.4 Å². The van der Waals surface area contributed by atoms with Crippen LogP contribution < -0.4 is 10.6 Å². The third-order valence-electron chi connectivity index (χ3n) is 2.33. The molecule has 0 bridgehead atoms. The van der Waals surface area contributed by atoms with Crippen molar-refractivity contribution in [3.8, 4) is 12.0 Å². The van der Waals surface area contributed by atoms with E-state index in [-0.39, 0.29) is 0 Å². The van der Waals surface area contributed by atoms with Gasteiger partial charge in [-0.25, -0.2) is 9.59 Å². The van der Waals surface area contributed by atoms with Crippen LogP contribution in [0.25, 0.3) is 0 Å². The Labute approximate surface area is 124 Å². The van der Waals surface area contributed by atoms with Gasteiger partial charge >= 0.3 is 12.1 Å². The lowest BCUT2D eigenvalue weighted by molar-refractivity contribution is -0.123. The number of nitrogens with one attached hydrogen (secondary N) is 2. The molecule has 1 atom stereocenters. The van der Waals surface area contributed by atoms with Crippen molar-refractivity contribution in [2.24, 2.45) is 0 Å². The maximum Gasteiger partial charge on any atom is 0.425 e. The highest BCUT2D eigenvalue weighted by molar-refractivity contribution is 14.1. The summed E-state index contributed by atoms with van der Waals surface area (Å²) in [6.07, 6.45) is 2.00. The molecule has 0 aliphatic carbocycles. The summed E-state index contributed by atoms with van der Waals surface area (Å²) < 4.78 is 5.26. The van der Waals surface area contributed by atoms with Gasteiger partial charge in [0.15, 0.2) is 6.17 Å². The second-order valence-electron chi connectivity index (χ2n) is 3.69. The summed E-state index contributed by atoms with van der Waals surface area (Å²) in [6.45, 7) is 2.26. The van der Waals surface area contributed by atoms with Crippen LogP contribution in [0.2, 0.25) is 0 Å². The maximum absolute atomic E-state index is 11.8. The number of halogens is 1. The van der Waals surface area contributed by atoms with Crippen molar-refractivity contribution in [2.75, 3.05) is 11.0 Å². The Kier molecular flexibility index (Phi) is 6.41. The summed E-state index contributed by atoms with van der Waals surface area (Å²) in [7, 11) is 0. The fourth-order valence-electron chi connectivity index (χ4n) is 1.45. The third-order valence-corrected chi connectivity index (χ3v) is 2.71. The highest BCUT2D eigenvalue weighted by atomic mass is 127. The lowest BCUT2D eigenvalue weighted by Crippen LogP contribution is -2.50. The Morgan fingerprint density at radius 2 is 2.26 bits per heavy atom. The van der Waals surface area contributed by atoms with Crippen LogP contribution in [0.15, 0.2) is 0 Å². The number of alkyl halides is 1. The number of hydrogen-bond acceptors (Lipinski definition) is 4. The van der Waals surface area contributed by atoms with Gasteiger partial charge in [0.1, 0.15) is 6.11 Å². The average Bonchev–Trinajstić information content (AvgIpc) is 2.69. The number of unbranched alkanes of at least 4 members (excludes halogenated alkanes) is 1. The fraction of sp³-hybridized carbons (Fsp3) is 0.545. The zero-order valence-corrected chi connectivity index (χ0v) is 12.5. The molecular formula is C11H14IN3O4. The largest absolute Gasteiger partial charge is 0.425 e. The number of urea groups is 1. The molecule has 7 nitrogen and oxygen atoms in total. The molecule has 0 saturated carbocycles. The summed E-state index contributed by atoms with van der Waals surface area (Å²) >= 11 is 2.02. The number of amides is 4. The van der Waals surface area contributed by atoms with Gasteiger partial charge in [-0.3, -0.25) is 15.0 Å². The lowest BCUT2D eigenvalue weighted by atomic mass is 10.3. The molecule has 0 aromatic heterocycles. The van der Waals surface area contributed by atoms with Crippen molar-refractivity contribution in [2.45, 2.75) is 25.9 Å². The molecule has 1 heterocycles. The van der Waals surface area contributed by atoms with Gasteiger partial charge in [0.05, 0.1) is 4.43 Å². The van der Waals surface area contributed by atoms with E-state index in [1.165, 1.54) is 0 Å². The van der Waals surface area contributed by atoms with Gasteiger partial charge in [-0.05, 0) is 12.3 Å². The number of ether oxygens (including phenoxy) is 1. The van der Waals surface area contributed by atoms with Gasteiger partial charge in [0, 0.05) is 6.54 Å². The van der Waals surface area contributed by atoms with Crippen LogP contribution >= 0.6 is 22.6 Å². The number of nitrogens with zero attached hydrogens (tertiary/aromatic N) is 1. The van der Waals surface area contributed by atoms with E-state index in [2.05, 4.69) is 22.7 Å². The van der Waals surface area contributed by atoms with Crippen molar-refractivity contribution in [3.63, 3.8) is 0 Å². The second kappa shape index (κ2) is 7.83. The molecule has 104 valence electrons. The molecule has 1 aliphatic heterocycles. The molecule has 0 spiro atoms. The van der Waals surface area contributed by atoms with E-state index in [1.807, 2.05) is 29.5 Å². The van der Waals surface area contributed by atoms with Crippen LogP contribution in [0.1, 0.15) is 19.8 Å². The van der Waals surface area contributed by atoms with Crippen LogP contribution in [0.3, 0.4) is 0 Å². The predicted molar refractivity (Wildman–Crippen MR) is 75.2 cm³/mol. The molecule has 1 saturated heterocycles. The Morgan fingerprint density at radius 3 is 2.79 bits per heavy atom. The first kappa shape index (κ1) is 15.6. The third kappa shape index (κ3) is 4.59.